The zero-order chi connectivity index (χ0) is 24.9. The average molecular weight is 599 g/mol. The lowest BCUT2D eigenvalue weighted by Gasteiger charge is -2.10. The number of carboxylic acid groups (broad SMARTS) is 1. The molecule has 0 radical (unpaired) electrons. The van der Waals surface area contributed by atoms with Crippen molar-refractivity contribution in [3.8, 4) is 5.75 Å². The van der Waals surface area contributed by atoms with Crippen molar-refractivity contribution in [3.05, 3.63) is 102 Å². The van der Waals surface area contributed by atoms with Crippen LogP contribution in [0.4, 0.5) is 0 Å². The van der Waals surface area contributed by atoms with Crippen LogP contribution >= 0.6 is 31.9 Å². The molecule has 0 atom stereocenters. The van der Waals surface area contributed by atoms with Gasteiger partial charge in [0.1, 0.15) is 18.2 Å². The third-order valence-electron chi connectivity index (χ3n) is 5.20. The van der Waals surface area contributed by atoms with E-state index >= 15 is 0 Å². The van der Waals surface area contributed by atoms with Crippen molar-refractivity contribution in [1.29, 1.82) is 0 Å². The topological polar surface area (TPSA) is 93.8 Å². The minimum Gasteiger partial charge on any atom is -0.488 e. The molecule has 0 aliphatic carbocycles. The van der Waals surface area contributed by atoms with Crippen LogP contribution in [0.5, 0.6) is 5.75 Å². The van der Waals surface area contributed by atoms with Crippen molar-refractivity contribution >= 4 is 54.9 Å². The minimum absolute atomic E-state index is 0.213. The maximum atomic E-state index is 13.1. The first kappa shape index (κ1) is 24.8. The van der Waals surface area contributed by atoms with Gasteiger partial charge >= 0.3 is 5.97 Å². The molecule has 1 heterocycles. The van der Waals surface area contributed by atoms with Crippen molar-refractivity contribution in [3.63, 3.8) is 0 Å². The Balaban J connectivity index is 1.57. The van der Waals surface area contributed by atoms with E-state index in [-0.39, 0.29) is 17.7 Å². The van der Waals surface area contributed by atoms with Crippen molar-refractivity contribution < 1.29 is 14.6 Å². The molecule has 3 aromatic carbocycles. The van der Waals surface area contributed by atoms with Gasteiger partial charge in [-0.3, -0.25) is 4.79 Å². The Kier molecular flexibility index (Phi) is 7.77. The molecular formula is C26H21Br2N3O4. The lowest BCUT2D eigenvalue weighted by molar-refractivity contribution is 0.0696. The second-order valence-electron chi connectivity index (χ2n) is 7.79. The van der Waals surface area contributed by atoms with Gasteiger partial charge in [-0.15, -0.1) is 0 Å². The van der Waals surface area contributed by atoms with E-state index in [2.05, 4.69) is 41.9 Å². The van der Waals surface area contributed by atoms with Crippen LogP contribution in [0.3, 0.4) is 0 Å². The Bertz CT molecular complexity index is 1500. The van der Waals surface area contributed by atoms with Crippen LogP contribution in [0.1, 0.15) is 40.7 Å². The van der Waals surface area contributed by atoms with Crippen molar-refractivity contribution in [1.82, 2.24) is 9.66 Å². The van der Waals surface area contributed by atoms with E-state index in [4.69, 9.17) is 9.84 Å². The van der Waals surface area contributed by atoms with Crippen molar-refractivity contribution in [2.24, 2.45) is 5.10 Å². The van der Waals surface area contributed by atoms with Gasteiger partial charge < -0.3 is 9.84 Å². The number of ether oxygens (including phenoxy) is 1. The van der Waals surface area contributed by atoms with Crippen LogP contribution in [0.15, 0.2) is 79.5 Å². The van der Waals surface area contributed by atoms with Crippen LogP contribution in [0.25, 0.3) is 10.9 Å². The minimum atomic E-state index is -0.980. The maximum Gasteiger partial charge on any atom is 0.335 e. The first-order valence-corrected chi connectivity index (χ1v) is 12.4. The highest BCUT2D eigenvalue weighted by Gasteiger charge is 2.11. The fraction of sp³-hybridized carbons (Fsp3) is 0.154. The Hall–Kier alpha value is -3.30. The average Bonchev–Trinajstić information content (AvgIpc) is 2.84. The second kappa shape index (κ2) is 11.0. The summed E-state index contributed by atoms with van der Waals surface area (Å²) in [4.78, 5) is 28.9. The summed E-state index contributed by atoms with van der Waals surface area (Å²) in [5, 5.41) is 14.1. The molecular weight excluding hydrogens is 578 g/mol. The highest BCUT2D eigenvalue weighted by Crippen LogP contribution is 2.26. The molecule has 0 amide bonds. The molecule has 1 aromatic heterocycles. The van der Waals surface area contributed by atoms with Crippen molar-refractivity contribution in [2.75, 3.05) is 0 Å². The van der Waals surface area contributed by atoms with Gasteiger partial charge in [0.2, 0.25) is 0 Å². The van der Waals surface area contributed by atoms with E-state index in [1.165, 1.54) is 10.7 Å². The maximum absolute atomic E-state index is 13.1. The van der Waals surface area contributed by atoms with Gasteiger partial charge in [0.25, 0.3) is 5.56 Å². The second-order valence-corrected chi connectivity index (χ2v) is 9.56. The smallest absolute Gasteiger partial charge is 0.335 e. The Morgan fingerprint density at radius 2 is 1.97 bits per heavy atom. The molecule has 0 fully saturated rings. The standard InChI is InChI=1S/C26H21Br2N3O4/c1-2-4-24-30-22-9-8-19(27)13-20(22)25(32)31(24)29-14-16-7-10-23(21(28)12-16)35-15-17-5-3-6-18(11-17)26(33)34/h3,5-14H,2,4,15H2,1H3,(H,33,34). The van der Waals surface area contributed by atoms with E-state index in [0.29, 0.717) is 33.4 Å². The molecule has 4 rings (SSSR count). The molecule has 0 saturated heterocycles. The normalized spacial score (nSPS) is 11.3. The summed E-state index contributed by atoms with van der Waals surface area (Å²) >= 11 is 6.92. The van der Waals surface area contributed by atoms with Gasteiger partial charge in [-0.2, -0.15) is 9.78 Å². The highest BCUT2D eigenvalue weighted by atomic mass is 79.9. The van der Waals surface area contributed by atoms with Crippen LogP contribution in [0.2, 0.25) is 0 Å². The van der Waals surface area contributed by atoms with Crippen molar-refractivity contribution in [2.45, 2.75) is 26.4 Å². The number of carbonyl (C=O) groups is 1. The van der Waals surface area contributed by atoms with E-state index in [1.807, 2.05) is 37.3 Å². The van der Waals surface area contributed by atoms with E-state index in [0.717, 1.165) is 22.0 Å². The zero-order valence-corrected chi connectivity index (χ0v) is 21.9. The molecule has 7 nitrogen and oxygen atoms in total. The summed E-state index contributed by atoms with van der Waals surface area (Å²) in [5.74, 6) is 0.224. The summed E-state index contributed by atoms with van der Waals surface area (Å²) in [6.45, 7) is 2.25. The number of fused-ring (bicyclic) bond motifs is 1. The van der Waals surface area contributed by atoms with Crippen LogP contribution in [-0.4, -0.2) is 27.0 Å². The molecule has 1 N–H and O–H groups in total. The predicted octanol–water partition coefficient (Wildman–Crippen LogP) is 6.03. The summed E-state index contributed by atoms with van der Waals surface area (Å²) in [5.41, 5.74) is 2.15. The van der Waals surface area contributed by atoms with Gasteiger partial charge in [0, 0.05) is 10.9 Å². The van der Waals surface area contributed by atoms with Gasteiger partial charge in [-0.05, 0) is 82.0 Å². The molecule has 0 spiro atoms. The summed E-state index contributed by atoms with van der Waals surface area (Å²) in [6.07, 6.45) is 3.06. The quantitative estimate of drug-likeness (QED) is 0.250. The lowest BCUT2D eigenvalue weighted by atomic mass is 10.1. The number of rotatable bonds is 8. The van der Waals surface area contributed by atoms with Gasteiger partial charge in [0.15, 0.2) is 0 Å². The Morgan fingerprint density at radius 3 is 2.71 bits per heavy atom. The third-order valence-corrected chi connectivity index (χ3v) is 6.31. The molecule has 0 aliphatic rings. The molecule has 4 aromatic rings. The largest absolute Gasteiger partial charge is 0.488 e. The number of nitrogens with zero attached hydrogens (tertiary/aromatic N) is 3. The van der Waals surface area contributed by atoms with Gasteiger partial charge in [-0.1, -0.05) is 35.0 Å². The van der Waals surface area contributed by atoms with E-state index < -0.39 is 5.97 Å². The molecule has 9 heteroatoms. The van der Waals surface area contributed by atoms with E-state index in [9.17, 15) is 9.59 Å². The lowest BCUT2D eigenvalue weighted by Crippen LogP contribution is -2.22. The SMILES string of the molecule is CCCc1nc2ccc(Br)cc2c(=O)n1N=Cc1ccc(OCc2cccc(C(=O)O)c2)c(Br)c1. The molecule has 0 saturated carbocycles. The van der Waals surface area contributed by atoms with Gasteiger partial charge in [-0.25, -0.2) is 9.78 Å². The van der Waals surface area contributed by atoms with Crippen LogP contribution in [-0.2, 0) is 13.0 Å². The molecule has 0 unspecified atom stereocenters. The third kappa shape index (κ3) is 5.86. The fourth-order valence-corrected chi connectivity index (χ4v) is 4.37. The Labute approximate surface area is 218 Å². The molecule has 35 heavy (non-hydrogen) atoms. The monoisotopic (exact) mass is 597 g/mol. The van der Waals surface area contributed by atoms with E-state index in [1.54, 1.807) is 30.5 Å². The first-order valence-electron chi connectivity index (χ1n) is 10.9. The molecule has 0 aliphatic heterocycles. The number of hydrogen-bond acceptors (Lipinski definition) is 5. The number of carboxylic acids is 1. The number of aromatic nitrogens is 2. The number of benzene rings is 3. The summed E-state index contributed by atoms with van der Waals surface area (Å²) in [7, 11) is 0. The summed E-state index contributed by atoms with van der Waals surface area (Å²) in [6, 6.07) is 17.5. The first-order chi connectivity index (χ1) is 16.9. The highest BCUT2D eigenvalue weighted by molar-refractivity contribution is 9.10. The van der Waals surface area contributed by atoms with Gasteiger partial charge in [0.05, 0.1) is 27.2 Å². The number of aryl methyl sites for hydroxylation is 1. The zero-order valence-electron chi connectivity index (χ0n) is 18.7. The molecule has 0 bridgehead atoms. The Morgan fingerprint density at radius 1 is 1.14 bits per heavy atom. The van der Waals surface area contributed by atoms with Crippen LogP contribution < -0.4 is 10.3 Å². The summed E-state index contributed by atoms with van der Waals surface area (Å²) < 4.78 is 8.71. The molecule has 178 valence electrons. The number of aromatic carboxylic acids is 1. The number of hydrogen-bond donors (Lipinski definition) is 1. The van der Waals surface area contributed by atoms with Crippen LogP contribution in [0, 0.1) is 0 Å². The number of halogens is 2. The fourth-order valence-electron chi connectivity index (χ4n) is 3.49. The predicted molar refractivity (Wildman–Crippen MR) is 143 cm³/mol.